The molecule has 0 spiro atoms. The molecular weight excluding hydrogens is 985 g/mol. The summed E-state index contributed by atoms with van der Waals surface area (Å²) >= 11 is 0. The number of carbonyl (C=O) groups is 3. The number of carbonyl (C=O) groups excluding carboxylic acids is 3. The van der Waals surface area contributed by atoms with Gasteiger partial charge in [-0.25, -0.2) is 0 Å². The molecule has 0 bridgehead atoms. The van der Waals surface area contributed by atoms with Gasteiger partial charge in [0.2, 0.25) is 0 Å². The predicted molar refractivity (Wildman–Crippen MR) is 349 cm³/mol. The maximum Gasteiger partial charge on any atom is 0.306 e. The fraction of sp³-hybridized carbons (Fsp3) is 0.959. The van der Waals surface area contributed by atoms with Crippen LogP contribution in [0.1, 0.15) is 438 Å². The normalized spacial score (nSPS) is 11.9. The van der Waals surface area contributed by atoms with E-state index in [0.29, 0.717) is 19.3 Å². The van der Waals surface area contributed by atoms with Crippen molar-refractivity contribution >= 4 is 17.9 Å². The van der Waals surface area contributed by atoms with E-state index in [1.54, 1.807) is 0 Å². The lowest BCUT2D eigenvalue weighted by atomic mass is 10.0. The summed E-state index contributed by atoms with van der Waals surface area (Å²) in [4.78, 5) is 38.4. The fourth-order valence-corrected chi connectivity index (χ4v) is 11.8. The summed E-state index contributed by atoms with van der Waals surface area (Å²) in [6.45, 7) is 6.74. The zero-order chi connectivity index (χ0) is 57.8. The van der Waals surface area contributed by atoms with Gasteiger partial charge < -0.3 is 14.2 Å². The molecule has 0 rings (SSSR count). The highest BCUT2D eigenvalue weighted by Crippen LogP contribution is 2.20. The molecule has 0 saturated heterocycles. The van der Waals surface area contributed by atoms with Crippen LogP contribution < -0.4 is 0 Å². The van der Waals surface area contributed by atoms with Gasteiger partial charge in [0, 0.05) is 19.3 Å². The fourth-order valence-electron chi connectivity index (χ4n) is 11.8. The Kier molecular flexibility index (Phi) is 68.5. The molecule has 0 aromatic rings. The monoisotopic (exact) mass is 1130 g/mol. The number of hydrogen-bond donors (Lipinski definition) is 0. The molecule has 6 heteroatoms. The third-order valence-corrected chi connectivity index (χ3v) is 17.4. The van der Waals surface area contributed by atoms with E-state index < -0.39 is 6.10 Å². The van der Waals surface area contributed by atoms with Crippen LogP contribution in [0.15, 0.2) is 0 Å². The third kappa shape index (κ3) is 67.2. The van der Waals surface area contributed by atoms with Crippen molar-refractivity contribution in [2.75, 3.05) is 13.2 Å². The molecule has 0 aliphatic carbocycles. The number of rotatable bonds is 70. The lowest BCUT2D eigenvalue weighted by Crippen LogP contribution is -2.30. The van der Waals surface area contributed by atoms with Crippen LogP contribution in [-0.4, -0.2) is 37.2 Å². The van der Waals surface area contributed by atoms with E-state index in [1.807, 2.05) is 0 Å². The largest absolute Gasteiger partial charge is 0.462 e. The number of esters is 3. The first kappa shape index (κ1) is 78.4. The standard InChI is InChI=1S/C74H144O6/c1-4-7-10-13-16-19-22-25-28-29-30-31-32-33-34-35-36-37-38-39-40-41-42-43-44-47-49-52-55-58-61-64-67-73(76)79-70-71(80-74(77)68-65-62-59-56-53-50-46-27-24-21-18-15-12-9-6-3)69-78-72(75)66-63-60-57-54-51-48-45-26-23-20-17-14-11-8-5-2/h71H,4-70H2,1-3H3. The van der Waals surface area contributed by atoms with E-state index in [2.05, 4.69) is 20.8 Å². The Bertz CT molecular complexity index is 1200. The minimum atomic E-state index is -0.763. The first-order valence-electron chi connectivity index (χ1n) is 37.0. The van der Waals surface area contributed by atoms with Crippen molar-refractivity contribution in [3.05, 3.63) is 0 Å². The Morgan fingerprint density at radius 3 is 0.500 bits per heavy atom. The van der Waals surface area contributed by atoms with E-state index in [0.717, 1.165) is 57.8 Å². The van der Waals surface area contributed by atoms with Crippen molar-refractivity contribution in [1.82, 2.24) is 0 Å². The van der Waals surface area contributed by atoms with Crippen molar-refractivity contribution in [2.45, 2.75) is 444 Å². The molecule has 0 heterocycles. The summed E-state index contributed by atoms with van der Waals surface area (Å²) in [5.41, 5.74) is 0. The highest BCUT2D eigenvalue weighted by Gasteiger charge is 2.20. The molecule has 0 aliphatic heterocycles. The molecule has 1 unspecified atom stereocenters. The van der Waals surface area contributed by atoms with Crippen LogP contribution in [0.3, 0.4) is 0 Å². The van der Waals surface area contributed by atoms with Crippen LogP contribution in [0.4, 0.5) is 0 Å². The minimum absolute atomic E-state index is 0.0602. The van der Waals surface area contributed by atoms with Crippen molar-refractivity contribution in [2.24, 2.45) is 0 Å². The summed E-state index contributed by atoms with van der Waals surface area (Å²) in [5.74, 6) is -0.820. The second-order valence-electron chi connectivity index (χ2n) is 25.6. The van der Waals surface area contributed by atoms with Crippen LogP contribution in [0, 0.1) is 0 Å². The van der Waals surface area contributed by atoms with Gasteiger partial charge in [0.25, 0.3) is 0 Å². The van der Waals surface area contributed by atoms with Gasteiger partial charge in [-0.2, -0.15) is 0 Å². The molecule has 0 aromatic heterocycles. The topological polar surface area (TPSA) is 78.9 Å². The Morgan fingerprint density at radius 2 is 0.338 bits per heavy atom. The zero-order valence-corrected chi connectivity index (χ0v) is 54.9. The van der Waals surface area contributed by atoms with Gasteiger partial charge in [0.05, 0.1) is 0 Å². The molecule has 0 amide bonds. The van der Waals surface area contributed by atoms with Crippen molar-refractivity contribution in [3.8, 4) is 0 Å². The van der Waals surface area contributed by atoms with Gasteiger partial charge in [-0.3, -0.25) is 14.4 Å². The summed E-state index contributed by atoms with van der Waals surface area (Å²) < 4.78 is 17.0. The Labute approximate surface area is 501 Å². The quantitative estimate of drug-likeness (QED) is 0.0343. The van der Waals surface area contributed by atoms with Crippen molar-refractivity contribution in [1.29, 1.82) is 0 Å². The van der Waals surface area contributed by atoms with Gasteiger partial charge in [-0.15, -0.1) is 0 Å². The van der Waals surface area contributed by atoms with E-state index in [4.69, 9.17) is 14.2 Å². The highest BCUT2D eigenvalue weighted by atomic mass is 16.6. The Balaban J connectivity index is 4.07. The summed E-state index contributed by atoms with van der Waals surface area (Å²) in [5, 5.41) is 0. The molecule has 0 aromatic carbocycles. The lowest BCUT2D eigenvalue weighted by Gasteiger charge is -2.18. The van der Waals surface area contributed by atoms with Gasteiger partial charge in [-0.05, 0) is 19.3 Å². The molecule has 6 nitrogen and oxygen atoms in total. The van der Waals surface area contributed by atoms with E-state index >= 15 is 0 Å². The first-order chi connectivity index (χ1) is 39.5. The van der Waals surface area contributed by atoms with E-state index in [9.17, 15) is 14.4 Å². The molecule has 0 N–H and O–H groups in total. The van der Waals surface area contributed by atoms with Crippen molar-refractivity contribution in [3.63, 3.8) is 0 Å². The first-order valence-corrected chi connectivity index (χ1v) is 37.0. The molecule has 476 valence electrons. The lowest BCUT2D eigenvalue weighted by molar-refractivity contribution is -0.167. The van der Waals surface area contributed by atoms with Gasteiger partial charge >= 0.3 is 17.9 Å². The Hall–Kier alpha value is -1.59. The van der Waals surface area contributed by atoms with Crippen LogP contribution in [0.5, 0.6) is 0 Å². The van der Waals surface area contributed by atoms with E-state index in [1.165, 1.54) is 340 Å². The predicted octanol–water partition coefficient (Wildman–Crippen LogP) is 25.4. The summed E-state index contributed by atoms with van der Waals surface area (Å²) in [6, 6.07) is 0. The molecular formula is C74H144O6. The molecule has 80 heavy (non-hydrogen) atoms. The number of unbranched alkanes of at least 4 members (excludes halogenated alkanes) is 59. The molecule has 0 saturated carbocycles. The smallest absolute Gasteiger partial charge is 0.306 e. The third-order valence-electron chi connectivity index (χ3n) is 17.4. The van der Waals surface area contributed by atoms with Crippen LogP contribution >= 0.6 is 0 Å². The van der Waals surface area contributed by atoms with Gasteiger partial charge in [0.15, 0.2) is 6.10 Å². The highest BCUT2D eigenvalue weighted by molar-refractivity contribution is 5.71. The van der Waals surface area contributed by atoms with Crippen LogP contribution in [0.25, 0.3) is 0 Å². The average Bonchev–Trinajstić information content (AvgIpc) is 3.46. The van der Waals surface area contributed by atoms with Crippen LogP contribution in [-0.2, 0) is 28.6 Å². The number of hydrogen-bond acceptors (Lipinski definition) is 6. The maximum absolute atomic E-state index is 12.9. The zero-order valence-electron chi connectivity index (χ0n) is 54.9. The SMILES string of the molecule is CCCCCCCCCCCCCCCCCCCCCCCCCCCCCCCCCCC(=O)OCC(COC(=O)CCCCCCCCCCCCCCCCC)OC(=O)CCCCCCCCCCCCCCCCC. The molecule has 0 aliphatic rings. The number of ether oxygens (including phenoxy) is 3. The summed E-state index contributed by atoms with van der Waals surface area (Å²) in [6.07, 6.45) is 83.0. The maximum atomic E-state index is 12.9. The minimum Gasteiger partial charge on any atom is -0.462 e. The molecule has 0 fully saturated rings. The van der Waals surface area contributed by atoms with Crippen LogP contribution in [0.2, 0.25) is 0 Å². The second-order valence-corrected chi connectivity index (χ2v) is 25.6. The summed E-state index contributed by atoms with van der Waals surface area (Å²) in [7, 11) is 0. The molecule has 0 radical (unpaired) electrons. The Morgan fingerprint density at radius 1 is 0.200 bits per heavy atom. The van der Waals surface area contributed by atoms with Gasteiger partial charge in [-0.1, -0.05) is 400 Å². The molecule has 1 atom stereocenters. The second kappa shape index (κ2) is 69.9. The van der Waals surface area contributed by atoms with Gasteiger partial charge in [0.1, 0.15) is 13.2 Å². The van der Waals surface area contributed by atoms with Crippen molar-refractivity contribution < 1.29 is 28.6 Å². The van der Waals surface area contributed by atoms with E-state index in [-0.39, 0.29) is 31.1 Å². The average molecular weight is 1130 g/mol.